The molecule has 1 aromatic heterocycles. The molecule has 0 aliphatic carbocycles. The van der Waals surface area contributed by atoms with Crippen LogP contribution in [0.15, 0.2) is 24.3 Å². The van der Waals surface area contributed by atoms with Gasteiger partial charge in [-0.15, -0.1) is 0 Å². The predicted octanol–water partition coefficient (Wildman–Crippen LogP) is -2.88. The Labute approximate surface area is 118 Å². The molecule has 0 saturated carbocycles. The van der Waals surface area contributed by atoms with Crippen molar-refractivity contribution in [2.45, 2.75) is 6.61 Å². The summed E-state index contributed by atoms with van der Waals surface area (Å²) in [6, 6.07) is 7.14. The third-order valence-corrected chi connectivity index (χ3v) is 2.16. The number of benzene rings is 1. The fraction of sp³-hybridized carbons (Fsp3) is 0.125. The Kier molecular flexibility index (Phi) is 5.26. The molecule has 0 saturated heterocycles. The van der Waals surface area contributed by atoms with Gasteiger partial charge in [0.2, 0.25) is 4.77 Å². The third-order valence-electron chi connectivity index (χ3n) is 1.89. The number of tetrazole rings is 1. The Balaban J connectivity index is 0.00000128. The number of H-pyrrole nitrogens is 1. The first-order valence-electron chi connectivity index (χ1n) is 4.15. The number of rotatable bonds is 3. The largest absolute Gasteiger partial charge is 1.00 e. The first-order valence-corrected chi connectivity index (χ1v) is 4.56. The second-order valence-corrected chi connectivity index (χ2v) is 3.21. The molecule has 0 amide bonds. The van der Waals surface area contributed by atoms with E-state index in [2.05, 4.69) is 20.4 Å². The van der Waals surface area contributed by atoms with E-state index in [-0.39, 0.29) is 36.2 Å². The molecule has 0 fully saturated rings. The standard InChI is InChI=1S/C8H8N4O2S.Na/c13-14-5-6-1-3-7(4-2-6)12-8(15)9-10-11-12;/h1-4,13H,5H2,(H,9,11,15);/q;+1/p-1. The van der Waals surface area contributed by atoms with Gasteiger partial charge < -0.3 is 10.1 Å². The number of aromatic amines is 1. The summed E-state index contributed by atoms with van der Waals surface area (Å²) in [4.78, 5) is 3.77. The summed E-state index contributed by atoms with van der Waals surface area (Å²) in [5, 5.41) is 19.8. The minimum atomic E-state index is 0. The van der Waals surface area contributed by atoms with Crippen molar-refractivity contribution in [3.8, 4) is 5.69 Å². The second-order valence-electron chi connectivity index (χ2n) is 2.85. The second kappa shape index (κ2) is 6.24. The van der Waals surface area contributed by atoms with Gasteiger partial charge in [0.25, 0.3) is 0 Å². The van der Waals surface area contributed by atoms with Crippen LogP contribution in [0.3, 0.4) is 0 Å². The third kappa shape index (κ3) is 2.97. The molecule has 0 unspecified atom stereocenters. The Bertz CT molecular complexity index is 495. The van der Waals surface area contributed by atoms with E-state index in [1.54, 1.807) is 28.9 Å². The molecule has 16 heavy (non-hydrogen) atoms. The SMILES string of the molecule is [Na+].[O-]OCc1ccc(-n2[nH]nnc2=S)cc1. The summed E-state index contributed by atoms with van der Waals surface area (Å²) in [5.74, 6) is 0. The molecule has 0 aliphatic heterocycles. The van der Waals surface area contributed by atoms with Crippen molar-refractivity contribution >= 4 is 12.2 Å². The average Bonchev–Trinajstić information content (AvgIpc) is 2.66. The average molecular weight is 246 g/mol. The smallest absolute Gasteiger partial charge is 0.723 e. The van der Waals surface area contributed by atoms with Gasteiger partial charge in [-0.25, -0.2) is 4.68 Å². The van der Waals surface area contributed by atoms with E-state index >= 15 is 0 Å². The summed E-state index contributed by atoms with van der Waals surface area (Å²) in [5.41, 5.74) is 1.60. The van der Waals surface area contributed by atoms with Gasteiger partial charge in [0.1, 0.15) is 0 Å². The summed E-state index contributed by atoms with van der Waals surface area (Å²) < 4.78 is 1.90. The Morgan fingerprint density at radius 1 is 1.38 bits per heavy atom. The van der Waals surface area contributed by atoms with Crippen molar-refractivity contribution in [2.24, 2.45) is 0 Å². The van der Waals surface area contributed by atoms with Crippen LogP contribution < -0.4 is 34.8 Å². The fourth-order valence-electron chi connectivity index (χ4n) is 1.17. The molecular formula is C8H7N4NaO2S. The Hall–Kier alpha value is -0.570. The van der Waals surface area contributed by atoms with Gasteiger partial charge in [0, 0.05) is 0 Å². The number of hydrogen-bond acceptors (Lipinski definition) is 5. The summed E-state index contributed by atoms with van der Waals surface area (Å²) >= 11 is 4.93. The monoisotopic (exact) mass is 246 g/mol. The van der Waals surface area contributed by atoms with Gasteiger partial charge in [-0.1, -0.05) is 22.4 Å². The number of nitrogens with zero attached hydrogens (tertiary/aromatic N) is 3. The molecule has 0 radical (unpaired) electrons. The minimum Gasteiger partial charge on any atom is -0.723 e. The molecule has 0 bridgehead atoms. The summed E-state index contributed by atoms with van der Waals surface area (Å²) in [7, 11) is 0. The molecule has 8 heteroatoms. The van der Waals surface area contributed by atoms with Crippen LogP contribution in [0.5, 0.6) is 0 Å². The maximum Gasteiger partial charge on any atom is 1.00 e. The molecule has 2 aromatic rings. The van der Waals surface area contributed by atoms with Gasteiger partial charge in [0.05, 0.1) is 12.3 Å². The quantitative estimate of drug-likeness (QED) is 0.272. The molecule has 6 nitrogen and oxygen atoms in total. The number of nitrogens with one attached hydrogen (secondary N) is 1. The van der Waals surface area contributed by atoms with E-state index in [1.807, 2.05) is 0 Å². The van der Waals surface area contributed by atoms with Crippen molar-refractivity contribution in [1.29, 1.82) is 0 Å². The summed E-state index contributed by atoms with van der Waals surface area (Å²) in [6.45, 7) is 0.0485. The van der Waals surface area contributed by atoms with Crippen LogP contribution in [0.1, 0.15) is 5.56 Å². The van der Waals surface area contributed by atoms with E-state index in [4.69, 9.17) is 12.2 Å². The molecule has 1 heterocycles. The van der Waals surface area contributed by atoms with Crippen molar-refractivity contribution in [3.05, 3.63) is 34.6 Å². The number of hydrogen-bond donors (Lipinski definition) is 1. The Morgan fingerprint density at radius 3 is 2.56 bits per heavy atom. The van der Waals surface area contributed by atoms with Gasteiger partial charge in [-0.2, -0.15) is 5.21 Å². The first-order chi connectivity index (χ1) is 7.31. The van der Waals surface area contributed by atoms with Crippen LogP contribution >= 0.6 is 12.2 Å². The van der Waals surface area contributed by atoms with E-state index in [0.717, 1.165) is 11.3 Å². The van der Waals surface area contributed by atoms with Gasteiger partial charge in [-0.3, -0.25) is 0 Å². The normalized spacial score (nSPS) is 9.81. The van der Waals surface area contributed by atoms with Crippen LogP contribution in [0.25, 0.3) is 5.69 Å². The van der Waals surface area contributed by atoms with Crippen LogP contribution in [0.2, 0.25) is 0 Å². The van der Waals surface area contributed by atoms with Crippen LogP contribution in [0, 0.1) is 4.77 Å². The minimum absolute atomic E-state index is 0. The van der Waals surface area contributed by atoms with Crippen molar-refractivity contribution in [3.63, 3.8) is 0 Å². The van der Waals surface area contributed by atoms with E-state index < -0.39 is 0 Å². The molecule has 2 rings (SSSR count). The van der Waals surface area contributed by atoms with Crippen molar-refractivity contribution in [1.82, 2.24) is 20.2 Å². The van der Waals surface area contributed by atoms with Gasteiger partial charge >= 0.3 is 29.6 Å². The molecular weight excluding hydrogens is 239 g/mol. The van der Waals surface area contributed by atoms with E-state index in [0.29, 0.717) is 4.77 Å². The molecule has 1 N–H and O–H groups in total. The molecule has 0 spiro atoms. The molecule has 78 valence electrons. The molecule has 0 aliphatic rings. The van der Waals surface area contributed by atoms with E-state index in [9.17, 15) is 5.26 Å². The fourth-order valence-corrected chi connectivity index (χ4v) is 1.36. The van der Waals surface area contributed by atoms with Crippen LogP contribution in [-0.4, -0.2) is 20.2 Å². The summed E-state index contributed by atoms with van der Waals surface area (Å²) in [6.07, 6.45) is 0. The molecule has 0 atom stereocenters. The maximum atomic E-state index is 9.92. The predicted molar refractivity (Wildman–Crippen MR) is 51.3 cm³/mol. The topological polar surface area (TPSA) is 78.8 Å². The zero-order valence-electron chi connectivity index (χ0n) is 8.58. The molecule has 1 aromatic carbocycles. The Morgan fingerprint density at radius 2 is 2.06 bits per heavy atom. The van der Waals surface area contributed by atoms with Gasteiger partial charge in [-0.05, 0) is 29.9 Å². The zero-order valence-corrected chi connectivity index (χ0v) is 11.4. The van der Waals surface area contributed by atoms with E-state index in [1.165, 1.54) is 0 Å². The van der Waals surface area contributed by atoms with Crippen molar-refractivity contribution in [2.75, 3.05) is 0 Å². The number of aromatic nitrogens is 4. The van der Waals surface area contributed by atoms with Gasteiger partial charge in [0.15, 0.2) is 0 Å². The van der Waals surface area contributed by atoms with Crippen molar-refractivity contribution < 1.29 is 39.7 Å². The maximum absolute atomic E-state index is 9.92. The zero-order chi connectivity index (χ0) is 10.7. The first kappa shape index (κ1) is 13.5. The van der Waals surface area contributed by atoms with Crippen LogP contribution in [0.4, 0.5) is 0 Å². The van der Waals surface area contributed by atoms with Crippen LogP contribution in [-0.2, 0) is 11.5 Å².